The smallest absolute Gasteiger partial charge is 0.146 e. The third kappa shape index (κ3) is 2.45. The fraction of sp³-hybridized carbons (Fsp3) is 0.636. The summed E-state index contributed by atoms with van der Waals surface area (Å²) < 4.78 is 0. The summed E-state index contributed by atoms with van der Waals surface area (Å²) in [6, 6.07) is 0. The molecule has 1 aliphatic carbocycles. The SMILES string of the molecule is CC1CC1CN(C)c1cnc(CN)cn1. The molecule has 15 heavy (non-hydrogen) atoms. The Bertz CT molecular complexity index is 322. The molecule has 0 bridgehead atoms. The Kier molecular flexibility index (Phi) is 2.86. The van der Waals surface area contributed by atoms with Gasteiger partial charge in [-0.1, -0.05) is 6.92 Å². The van der Waals surface area contributed by atoms with Crippen molar-refractivity contribution in [3.63, 3.8) is 0 Å². The Morgan fingerprint density at radius 3 is 2.67 bits per heavy atom. The van der Waals surface area contributed by atoms with Crippen LogP contribution in [0.4, 0.5) is 5.82 Å². The van der Waals surface area contributed by atoms with Gasteiger partial charge in [-0.3, -0.25) is 4.98 Å². The highest BCUT2D eigenvalue weighted by atomic mass is 15.2. The molecule has 0 spiro atoms. The molecule has 4 heteroatoms. The van der Waals surface area contributed by atoms with Crippen LogP contribution in [0.15, 0.2) is 12.4 Å². The second-order valence-corrected chi connectivity index (χ2v) is 4.42. The predicted molar refractivity (Wildman–Crippen MR) is 60.5 cm³/mol. The number of nitrogens with zero attached hydrogens (tertiary/aromatic N) is 3. The van der Waals surface area contributed by atoms with Crippen LogP contribution in [0, 0.1) is 11.8 Å². The Hall–Kier alpha value is -1.16. The summed E-state index contributed by atoms with van der Waals surface area (Å²) in [5.74, 6) is 2.65. The maximum Gasteiger partial charge on any atom is 0.146 e. The van der Waals surface area contributed by atoms with Crippen LogP contribution in [-0.4, -0.2) is 23.6 Å². The van der Waals surface area contributed by atoms with Crippen LogP contribution < -0.4 is 10.6 Å². The second-order valence-electron chi connectivity index (χ2n) is 4.42. The summed E-state index contributed by atoms with van der Waals surface area (Å²) in [7, 11) is 2.07. The van der Waals surface area contributed by atoms with Gasteiger partial charge in [-0.25, -0.2) is 4.98 Å². The Labute approximate surface area is 90.5 Å². The molecule has 1 aliphatic rings. The molecular formula is C11H18N4. The third-order valence-electron chi connectivity index (χ3n) is 3.08. The van der Waals surface area contributed by atoms with Gasteiger partial charge in [-0.2, -0.15) is 0 Å². The first-order chi connectivity index (χ1) is 7.20. The number of anilines is 1. The molecule has 82 valence electrons. The summed E-state index contributed by atoms with van der Waals surface area (Å²) in [4.78, 5) is 10.7. The molecule has 4 nitrogen and oxygen atoms in total. The van der Waals surface area contributed by atoms with Gasteiger partial charge in [0.15, 0.2) is 0 Å². The minimum Gasteiger partial charge on any atom is -0.358 e. The topological polar surface area (TPSA) is 55.0 Å². The van der Waals surface area contributed by atoms with Crippen LogP contribution in [0.5, 0.6) is 0 Å². The fourth-order valence-electron chi connectivity index (χ4n) is 1.75. The first-order valence-corrected chi connectivity index (χ1v) is 5.43. The Balaban J connectivity index is 1.95. The van der Waals surface area contributed by atoms with Gasteiger partial charge in [-0.05, 0) is 18.3 Å². The fourth-order valence-corrected chi connectivity index (χ4v) is 1.75. The number of nitrogens with two attached hydrogens (primary N) is 1. The van der Waals surface area contributed by atoms with Crippen molar-refractivity contribution < 1.29 is 0 Å². The molecule has 0 aliphatic heterocycles. The molecule has 0 radical (unpaired) electrons. The van der Waals surface area contributed by atoms with Crippen molar-refractivity contribution in [3.05, 3.63) is 18.1 Å². The lowest BCUT2D eigenvalue weighted by Crippen LogP contribution is -2.22. The summed E-state index contributed by atoms with van der Waals surface area (Å²) in [6.07, 6.45) is 4.90. The first kappa shape index (κ1) is 10.4. The van der Waals surface area contributed by atoms with Crippen molar-refractivity contribution in [2.45, 2.75) is 19.9 Å². The minimum absolute atomic E-state index is 0.455. The second kappa shape index (κ2) is 4.14. The van der Waals surface area contributed by atoms with Gasteiger partial charge in [-0.15, -0.1) is 0 Å². The highest BCUT2D eigenvalue weighted by Crippen LogP contribution is 2.38. The number of aromatic nitrogens is 2. The van der Waals surface area contributed by atoms with Crippen molar-refractivity contribution in [1.82, 2.24) is 9.97 Å². The number of hydrogen-bond acceptors (Lipinski definition) is 4. The molecule has 2 unspecified atom stereocenters. The van der Waals surface area contributed by atoms with Crippen molar-refractivity contribution >= 4 is 5.82 Å². The van der Waals surface area contributed by atoms with Gasteiger partial charge in [0.05, 0.1) is 18.1 Å². The summed E-state index contributed by atoms with van der Waals surface area (Å²) >= 11 is 0. The van der Waals surface area contributed by atoms with Crippen LogP contribution in [0.2, 0.25) is 0 Å². The standard InChI is InChI=1S/C11H18N4/c1-8-3-9(8)7-15(2)11-6-13-10(4-12)5-14-11/h5-6,8-9H,3-4,7,12H2,1-2H3. The molecule has 0 aromatic carbocycles. The molecular weight excluding hydrogens is 188 g/mol. The zero-order chi connectivity index (χ0) is 10.8. The lowest BCUT2D eigenvalue weighted by Gasteiger charge is -2.17. The van der Waals surface area contributed by atoms with E-state index in [4.69, 9.17) is 5.73 Å². The van der Waals surface area contributed by atoms with Crippen molar-refractivity contribution in [2.24, 2.45) is 17.6 Å². The molecule has 0 saturated heterocycles. The number of hydrogen-bond donors (Lipinski definition) is 1. The lowest BCUT2D eigenvalue weighted by atomic mass is 10.3. The van der Waals surface area contributed by atoms with E-state index in [9.17, 15) is 0 Å². The zero-order valence-electron chi connectivity index (χ0n) is 9.35. The molecule has 1 saturated carbocycles. The molecule has 1 heterocycles. The zero-order valence-corrected chi connectivity index (χ0v) is 9.35. The van der Waals surface area contributed by atoms with E-state index in [1.807, 2.05) is 0 Å². The van der Waals surface area contributed by atoms with Crippen LogP contribution in [0.3, 0.4) is 0 Å². The van der Waals surface area contributed by atoms with Gasteiger partial charge in [0.25, 0.3) is 0 Å². The summed E-state index contributed by atoms with van der Waals surface area (Å²) in [6.45, 7) is 3.83. The average Bonchev–Trinajstić information content (AvgIpc) is 2.94. The average molecular weight is 206 g/mol. The van der Waals surface area contributed by atoms with Crippen LogP contribution in [0.1, 0.15) is 19.0 Å². The molecule has 1 aromatic rings. The lowest BCUT2D eigenvalue weighted by molar-refractivity contribution is 0.717. The van der Waals surface area contributed by atoms with E-state index in [1.165, 1.54) is 6.42 Å². The van der Waals surface area contributed by atoms with E-state index in [2.05, 4.69) is 28.8 Å². The van der Waals surface area contributed by atoms with E-state index < -0.39 is 0 Å². The first-order valence-electron chi connectivity index (χ1n) is 5.43. The van der Waals surface area contributed by atoms with Crippen LogP contribution in [-0.2, 0) is 6.54 Å². The maximum atomic E-state index is 5.47. The predicted octanol–water partition coefficient (Wildman–Crippen LogP) is 1.03. The number of rotatable bonds is 4. The van der Waals surface area contributed by atoms with E-state index >= 15 is 0 Å². The highest BCUT2D eigenvalue weighted by Gasteiger charge is 2.33. The monoisotopic (exact) mass is 206 g/mol. The van der Waals surface area contributed by atoms with E-state index in [0.717, 1.165) is 29.9 Å². The largest absolute Gasteiger partial charge is 0.358 e. The summed E-state index contributed by atoms with van der Waals surface area (Å²) in [5, 5.41) is 0. The third-order valence-corrected chi connectivity index (χ3v) is 3.08. The molecule has 1 aromatic heterocycles. The maximum absolute atomic E-state index is 5.47. The van der Waals surface area contributed by atoms with E-state index in [1.54, 1.807) is 12.4 Å². The molecule has 1 fully saturated rings. The highest BCUT2D eigenvalue weighted by molar-refractivity contribution is 5.34. The van der Waals surface area contributed by atoms with Crippen LogP contribution >= 0.6 is 0 Å². The minimum atomic E-state index is 0.455. The van der Waals surface area contributed by atoms with E-state index in [-0.39, 0.29) is 0 Å². The molecule has 2 N–H and O–H groups in total. The molecule has 2 rings (SSSR count). The van der Waals surface area contributed by atoms with Gasteiger partial charge in [0.2, 0.25) is 0 Å². The van der Waals surface area contributed by atoms with Crippen molar-refractivity contribution in [1.29, 1.82) is 0 Å². The Morgan fingerprint density at radius 2 is 2.20 bits per heavy atom. The van der Waals surface area contributed by atoms with E-state index in [0.29, 0.717) is 6.54 Å². The van der Waals surface area contributed by atoms with Gasteiger partial charge >= 0.3 is 0 Å². The van der Waals surface area contributed by atoms with Gasteiger partial charge in [0, 0.05) is 20.1 Å². The normalized spacial score (nSPS) is 23.9. The Morgan fingerprint density at radius 1 is 1.47 bits per heavy atom. The van der Waals surface area contributed by atoms with Crippen molar-refractivity contribution in [3.8, 4) is 0 Å². The quantitative estimate of drug-likeness (QED) is 0.799. The van der Waals surface area contributed by atoms with Crippen LogP contribution in [0.25, 0.3) is 0 Å². The van der Waals surface area contributed by atoms with Gasteiger partial charge < -0.3 is 10.6 Å². The molecule has 0 amide bonds. The van der Waals surface area contributed by atoms with Gasteiger partial charge in [0.1, 0.15) is 5.82 Å². The summed E-state index contributed by atoms with van der Waals surface area (Å²) in [5.41, 5.74) is 6.31. The van der Waals surface area contributed by atoms with Crippen molar-refractivity contribution in [2.75, 3.05) is 18.5 Å². The molecule has 2 atom stereocenters.